The molecule has 3 rings (SSSR count). The van der Waals surface area contributed by atoms with Gasteiger partial charge in [0.25, 0.3) is 5.69 Å². The summed E-state index contributed by atoms with van der Waals surface area (Å²) < 4.78 is 26.0. The fraction of sp³-hybridized carbons (Fsp3) is 0.417. The van der Waals surface area contributed by atoms with E-state index in [1.165, 1.54) is 23.1 Å². The summed E-state index contributed by atoms with van der Waals surface area (Å²) >= 11 is 0. The SMILES string of the molecule is CC(C(=O)NC1CCCC1)N(Cc1ccccc1)C(=O)CN(c1cccc([N+](=O)[O-])c1)S(C)(=O)=O. The molecule has 11 heteroatoms. The fourth-order valence-corrected chi connectivity index (χ4v) is 4.97. The number of anilines is 1. The first kappa shape index (κ1) is 26.1. The third kappa shape index (κ3) is 7.01. The zero-order chi connectivity index (χ0) is 25.6. The summed E-state index contributed by atoms with van der Waals surface area (Å²) in [7, 11) is -3.96. The van der Waals surface area contributed by atoms with Crippen LogP contribution in [0.5, 0.6) is 0 Å². The highest BCUT2D eigenvalue weighted by Gasteiger charge is 2.31. The van der Waals surface area contributed by atoms with E-state index < -0.39 is 33.4 Å². The maximum absolute atomic E-state index is 13.5. The Hall–Kier alpha value is -3.47. The number of sulfonamides is 1. The minimum Gasteiger partial charge on any atom is -0.352 e. The molecule has 0 aromatic heterocycles. The van der Waals surface area contributed by atoms with Crippen molar-refractivity contribution in [2.45, 2.75) is 51.2 Å². The lowest BCUT2D eigenvalue weighted by molar-refractivity contribution is -0.384. The molecule has 0 heterocycles. The van der Waals surface area contributed by atoms with Gasteiger partial charge in [-0.3, -0.25) is 24.0 Å². The van der Waals surface area contributed by atoms with Crippen molar-refractivity contribution in [3.8, 4) is 0 Å². The maximum atomic E-state index is 13.5. The molecule has 1 unspecified atom stereocenters. The third-order valence-corrected chi connectivity index (χ3v) is 7.21. The molecule has 1 aliphatic carbocycles. The number of benzene rings is 2. The molecular formula is C24H30N4O6S. The summed E-state index contributed by atoms with van der Waals surface area (Å²) in [4.78, 5) is 38.4. The van der Waals surface area contributed by atoms with Gasteiger partial charge >= 0.3 is 0 Å². The van der Waals surface area contributed by atoms with Gasteiger partial charge in [-0.1, -0.05) is 49.2 Å². The molecule has 1 N–H and O–H groups in total. The van der Waals surface area contributed by atoms with Gasteiger partial charge in [0.2, 0.25) is 21.8 Å². The highest BCUT2D eigenvalue weighted by Crippen LogP contribution is 2.24. The first-order chi connectivity index (χ1) is 16.6. The zero-order valence-electron chi connectivity index (χ0n) is 19.8. The van der Waals surface area contributed by atoms with Gasteiger partial charge in [0.1, 0.15) is 12.6 Å². The maximum Gasteiger partial charge on any atom is 0.271 e. The molecule has 0 radical (unpaired) electrons. The van der Waals surface area contributed by atoms with Gasteiger partial charge in [-0.05, 0) is 31.4 Å². The lowest BCUT2D eigenvalue weighted by Crippen LogP contribution is -2.52. The van der Waals surface area contributed by atoms with Crippen LogP contribution in [0.4, 0.5) is 11.4 Å². The average Bonchev–Trinajstić information content (AvgIpc) is 3.33. The van der Waals surface area contributed by atoms with Gasteiger partial charge < -0.3 is 10.2 Å². The Bertz CT molecular complexity index is 1170. The molecule has 10 nitrogen and oxygen atoms in total. The largest absolute Gasteiger partial charge is 0.352 e. The van der Waals surface area contributed by atoms with E-state index in [0.29, 0.717) is 0 Å². The molecular weight excluding hydrogens is 472 g/mol. The van der Waals surface area contributed by atoms with E-state index in [2.05, 4.69) is 5.32 Å². The number of nitro groups is 1. The Morgan fingerprint density at radius 3 is 2.37 bits per heavy atom. The lowest BCUT2D eigenvalue weighted by atomic mass is 10.1. The van der Waals surface area contributed by atoms with Crippen LogP contribution in [0.25, 0.3) is 0 Å². The Balaban J connectivity index is 1.88. The van der Waals surface area contributed by atoms with Gasteiger partial charge in [-0.15, -0.1) is 0 Å². The van der Waals surface area contributed by atoms with Crippen LogP contribution in [0.2, 0.25) is 0 Å². The molecule has 0 aliphatic heterocycles. The minimum atomic E-state index is -3.96. The number of nitrogens with zero attached hydrogens (tertiary/aromatic N) is 3. The topological polar surface area (TPSA) is 130 Å². The first-order valence-electron chi connectivity index (χ1n) is 11.4. The fourth-order valence-electron chi connectivity index (χ4n) is 4.13. The van der Waals surface area contributed by atoms with Crippen molar-refractivity contribution < 1.29 is 22.9 Å². The van der Waals surface area contributed by atoms with Crippen LogP contribution in [0.3, 0.4) is 0 Å². The average molecular weight is 503 g/mol. The number of nitro benzene ring substituents is 1. The summed E-state index contributed by atoms with van der Waals surface area (Å²) in [5.74, 6) is -0.901. The number of non-ortho nitro benzene ring substituents is 1. The number of amides is 2. The van der Waals surface area contributed by atoms with Gasteiger partial charge in [-0.25, -0.2) is 8.42 Å². The number of hydrogen-bond acceptors (Lipinski definition) is 6. The summed E-state index contributed by atoms with van der Waals surface area (Å²) in [6.45, 7) is 1.11. The van der Waals surface area contributed by atoms with Crippen LogP contribution < -0.4 is 9.62 Å². The number of carbonyl (C=O) groups is 2. The van der Waals surface area contributed by atoms with Crippen molar-refractivity contribution in [2.75, 3.05) is 17.1 Å². The predicted molar refractivity (Wildman–Crippen MR) is 132 cm³/mol. The van der Waals surface area contributed by atoms with E-state index in [4.69, 9.17) is 0 Å². The van der Waals surface area contributed by atoms with Crippen molar-refractivity contribution in [1.82, 2.24) is 10.2 Å². The summed E-state index contributed by atoms with van der Waals surface area (Å²) in [6, 6.07) is 13.4. The van der Waals surface area contributed by atoms with Crippen molar-refractivity contribution in [3.05, 3.63) is 70.3 Å². The minimum absolute atomic E-state index is 0.00206. The quantitative estimate of drug-likeness (QED) is 0.393. The molecule has 0 saturated heterocycles. The van der Waals surface area contributed by atoms with Crippen LogP contribution in [-0.2, 0) is 26.2 Å². The highest BCUT2D eigenvalue weighted by molar-refractivity contribution is 7.92. The molecule has 1 aliphatic rings. The summed E-state index contributed by atoms with van der Waals surface area (Å²) in [5, 5.41) is 14.2. The number of rotatable bonds is 10. The predicted octanol–water partition coefficient (Wildman–Crippen LogP) is 2.84. The van der Waals surface area contributed by atoms with Gasteiger partial charge in [-0.2, -0.15) is 0 Å². The molecule has 0 bridgehead atoms. The van der Waals surface area contributed by atoms with Crippen LogP contribution in [0, 0.1) is 10.1 Å². The van der Waals surface area contributed by atoms with Crippen molar-refractivity contribution in [2.24, 2.45) is 0 Å². The molecule has 2 amide bonds. The van der Waals surface area contributed by atoms with Gasteiger partial charge in [0.05, 0.1) is 16.9 Å². The summed E-state index contributed by atoms with van der Waals surface area (Å²) in [5.41, 5.74) is 0.481. The second kappa shape index (κ2) is 11.3. The molecule has 1 atom stereocenters. The van der Waals surface area contributed by atoms with Crippen LogP contribution in [-0.4, -0.2) is 54.9 Å². The second-order valence-electron chi connectivity index (χ2n) is 8.72. The summed E-state index contributed by atoms with van der Waals surface area (Å²) in [6.07, 6.45) is 4.79. The Labute approximate surface area is 205 Å². The second-order valence-corrected chi connectivity index (χ2v) is 10.6. The Kier molecular flexibility index (Phi) is 8.44. The molecule has 0 spiro atoms. The van der Waals surface area contributed by atoms with E-state index in [-0.39, 0.29) is 29.9 Å². The van der Waals surface area contributed by atoms with E-state index in [1.54, 1.807) is 6.92 Å². The molecule has 2 aromatic carbocycles. The molecule has 2 aromatic rings. The normalized spacial score (nSPS) is 14.8. The first-order valence-corrected chi connectivity index (χ1v) is 13.3. The third-order valence-electron chi connectivity index (χ3n) is 6.07. The smallest absolute Gasteiger partial charge is 0.271 e. The molecule has 1 saturated carbocycles. The van der Waals surface area contributed by atoms with Gasteiger partial charge in [0.15, 0.2) is 0 Å². The Morgan fingerprint density at radius 2 is 1.77 bits per heavy atom. The lowest BCUT2D eigenvalue weighted by Gasteiger charge is -2.32. The Morgan fingerprint density at radius 1 is 1.11 bits per heavy atom. The highest BCUT2D eigenvalue weighted by atomic mass is 32.2. The van der Waals surface area contributed by atoms with Crippen molar-refractivity contribution in [3.63, 3.8) is 0 Å². The monoisotopic (exact) mass is 502 g/mol. The molecule has 188 valence electrons. The van der Waals surface area contributed by atoms with E-state index in [0.717, 1.165) is 47.9 Å². The van der Waals surface area contributed by atoms with E-state index >= 15 is 0 Å². The number of hydrogen-bond donors (Lipinski definition) is 1. The van der Waals surface area contributed by atoms with Crippen LogP contribution >= 0.6 is 0 Å². The van der Waals surface area contributed by atoms with Crippen molar-refractivity contribution >= 4 is 33.2 Å². The van der Waals surface area contributed by atoms with Crippen LogP contribution in [0.15, 0.2) is 54.6 Å². The van der Waals surface area contributed by atoms with Gasteiger partial charge in [0, 0.05) is 24.7 Å². The number of nitrogens with one attached hydrogen (secondary N) is 1. The van der Waals surface area contributed by atoms with Crippen molar-refractivity contribution in [1.29, 1.82) is 0 Å². The zero-order valence-corrected chi connectivity index (χ0v) is 20.6. The molecule has 1 fully saturated rings. The van der Waals surface area contributed by atoms with E-state index in [1.807, 2.05) is 30.3 Å². The standard InChI is InChI=1S/C24H30N4O6S/c1-18(24(30)25-20-11-6-7-12-20)26(16-19-9-4-3-5-10-19)23(29)17-27(35(2,33)34)21-13-8-14-22(15-21)28(31)32/h3-5,8-10,13-15,18,20H,6-7,11-12,16-17H2,1-2H3,(H,25,30). The molecule has 35 heavy (non-hydrogen) atoms. The van der Waals surface area contributed by atoms with E-state index in [9.17, 15) is 28.1 Å². The van der Waals surface area contributed by atoms with Crippen LogP contribution in [0.1, 0.15) is 38.2 Å². The number of carbonyl (C=O) groups excluding carboxylic acids is 2.